The first-order chi connectivity index (χ1) is 9.20. The first-order valence-electron chi connectivity index (χ1n) is 6.74. The lowest BCUT2D eigenvalue weighted by Crippen LogP contribution is -2.23. The van der Waals surface area contributed by atoms with Crippen molar-refractivity contribution in [1.82, 2.24) is 5.32 Å². The molecule has 0 aliphatic carbocycles. The predicted octanol–water partition coefficient (Wildman–Crippen LogP) is 4.63. The van der Waals surface area contributed by atoms with Gasteiger partial charge in [0, 0.05) is 4.47 Å². The average Bonchev–Trinajstić information content (AvgIpc) is 2.83. The zero-order valence-corrected chi connectivity index (χ0v) is 13.0. The highest BCUT2D eigenvalue weighted by Gasteiger charge is 2.16. The number of aryl methyl sites for hydroxylation is 1. The highest BCUT2D eigenvalue weighted by molar-refractivity contribution is 9.10. The summed E-state index contributed by atoms with van der Waals surface area (Å²) in [5.74, 6) is 1.98. The molecule has 1 atom stereocenters. The second kappa shape index (κ2) is 6.92. The predicted molar refractivity (Wildman–Crippen MR) is 82.3 cm³/mol. The Bertz CT molecular complexity index is 521. The van der Waals surface area contributed by atoms with E-state index >= 15 is 0 Å². The molecular formula is C16H20BrNO. The third kappa shape index (κ3) is 3.95. The summed E-state index contributed by atoms with van der Waals surface area (Å²) < 4.78 is 6.93. The standard InChI is InChI=1S/C16H20BrNO/c1-3-10-18-15(16-9-8-12(2)19-16)11-13-6-4-5-7-14(13)17/h4-9,15,18H,3,10-11H2,1-2H3. The highest BCUT2D eigenvalue weighted by Crippen LogP contribution is 2.25. The molecule has 0 amide bonds. The van der Waals surface area contributed by atoms with Crippen LogP contribution in [0.2, 0.25) is 0 Å². The van der Waals surface area contributed by atoms with E-state index in [0.29, 0.717) is 0 Å². The van der Waals surface area contributed by atoms with Gasteiger partial charge >= 0.3 is 0 Å². The minimum atomic E-state index is 0.229. The molecule has 3 heteroatoms. The first kappa shape index (κ1) is 14.4. The smallest absolute Gasteiger partial charge is 0.121 e. The number of benzene rings is 1. The Balaban J connectivity index is 2.16. The molecule has 2 nitrogen and oxygen atoms in total. The topological polar surface area (TPSA) is 25.2 Å². The third-order valence-corrected chi connectivity index (χ3v) is 3.90. The molecule has 2 rings (SSSR count). The van der Waals surface area contributed by atoms with Gasteiger partial charge in [0.1, 0.15) is 11.5 Å². The van der Waals surface area contributed by atoms with E-state index in [1.807, 2.05) is 19.1 Å². The fourth-order valence-corrected chi connectivity index (χ4v) is 2.56. The zero-order chi connectivity index (χ0) is 13.7. The van der Waals surface area contributed by atoms with Crippen molar-refractivity contribution in [3.8, 4) is 0 Å². The van der Waals surface area contributed by atoms with Crippen molar-refractivity contribution in [3.63, 3.8) is 0 Å². The lowest BCUT2D eigenvalue weighted by molar-refractivity contribution is 0.398. The Kier molecular flexibility index (Phi) is 5.23. The Morgan fingerprint density at radius 3 is 2.63 bits per heavy atom. The van der Waals surface area contributed by atoms with Crippen molar-refractivity contribution in [1.29, 1.82) is 0 Å². The summed E-state index contributed by atoms with van der Waals surface area (Å²) in [4.78, 5) is 0. The van der Waals surface area contributed by atoms with E-state index in [1.165, 1.54) is 5.56 Å². The van der Waals surface area contributed by atoms with Crippen LogP contribution in [0, 0.1) is 6.92 Å². The van der Waals surface area contributed by atoms with Gasteiger partial charge in [0.2, 0.25) is 0 Å². The van der Waals surface area contributed by atoms with Crippen molar-refractivity contribution in [3.05, 3.63) is 58.0 Å². The molecule has 0 fully saturated rings. The maximum Gasteiger partial charge on any atom is 0.121 e. The minimum absolute atomic E-state index is 0.229. The quantitative estimate of drug-likeness (QED) is 0.838. The molecule has 0 saturated carbocycles. The molecule has 0 aliphatic heterocycles. The summed E-state index contributed by atoms with van der Waals surface area (Å²) >= 11 is 3.61. The average molecular weight is 322 g/mol. The molecule has 2 aromatic rings. The second-order valence-electron chi connectivity index (χ2n) is 4.75. The lowest BCUT2D eigenvalue weighted by Gasteiger charge is -2.17. The largest absolute Gasteiger partial charge is 0.465 e. The maximum atomic E-state index is 5.78. The van der Waals surface area contributed by atoms with Crippen LogP contribution in [-0.4, -0.2) is 6.54 Å². The molecule has 0 aliphatic rings. The minimum Gasteiger partial charge on any atom is -0.465 e. The van der Waals surface area contributed by atoms with E-state index in [0.717, 1.165) is 35.4 Å². The number of rotatable bonds is 6. The molecule has 1 heterocycles. The van der Waals surface area contributed by atoms with Crippen LogP contribution in [0.15, 0.2) is 45.3 Å². The first-order valence-corrected chi connectivity index (χ1v) is 7.53. The van der Waals surface area contributed by atoms with E-state index in [9.17, 15) is 0 Å². The van der Waals surface area contributed by atoms with Crippen LogP contribution in [0.1, 0.15) is 36.5 Å². The van der Waals surface area contributed by atoms with Crippen LogP contribution < -0.4 is 5.32 Å². The molecule has 102 valence electrons. The Hall–Kier alpha value is -1.06. The van der Waals surface area contributed by atoms with Crippen LogP contribution in [-0.2, 0) is 6.42 Å². The number of hydrogen-bond acceptors (Lipinski definition) is 2. The lowest BCUT2D eigenvalue weighted by atomic mass is 10.0. The van der Waals surface area contributed by atoms with Crippen LogP contribution in [0.5, 0.6) is 0 Å². The van der Waals surface area contributed by atoms with Crippen LogP contribution in [0.4, 0.5) is 0 Å². The molecule has 19 heavy (non-hydrogen) atoms. The van der Waals surface area contributed by atoms with E-state index in [2.05, 4.69) is 52.4 Å². The molecule has 1 aromatic carbocycles. The number of halogens is 1. The van der Waals surface area contributed by atoms with E-state index in [4.69, 9.17) is 4.42 Å². The van der Waals surface area contributed by atoms with Crippen molar-refractivity contribution < 1.29 is 4.42 Å². The number of hydrogen-bond donors (Lipinski definition) is 1. The van der Waals surface area contributed by atoms with Crippen LogP contribution >= 0.6 is 15.9 Å². The fraction of sp³-hybridized carbons (Fsp3) is 0.375. The maximum absolute atomic E-state index is 5.78. The van der Waals surface area contributed by atoms with Crippen molar-refractivity contribution in [2.24, 2.45) is 0 Å². The van der Waals surface area contributed by atoms with Crippen molar-refractivity contribution >= 4 is 15.9 Å². The molecule has 1 unspecified atom stereocenters. The second-order valence-corrected chi connectivity index (χ2v) is 5.60. The van der Waals surface area contributed by atoms with E-state index < -0.39 is 0 Å². The van der Waals surface area contributed by atoms with Gasteiger partial charge in [-0.15, -0.1) is 0 Å². The normalized spacial score (nSPS) is 12.6. The number of nitrogens with one attached hydrogen (secondary N) is 1. The Morgan fingerprint density at radius 1 is 1.21 bits per heavy atom. The Labute approximate surface area is 123 Å². The molecular weight excluding hydrogens is 302 g/mol. The SMILES string of the molecule is CCCNC(Cc1ccccc1Br)c1ccc(C)o1. The van der Waals surface area contributed by atoms with Gasteiger partial charge in [-0.1, -0.05) is 41.1 Å². The summed E-state index contributed by atoms with van der Waals surface area (Å²) in [7, 11) is 0. The molecule has 0 spiro atoms. The van der Waals surface area contributed by atoms with E-state index in [-0.39, 0.29) is 6.04 Å². The van der Waals surface area contributed by atoms with Gasteiger partial charge < -0.3 is 9.73 Å². The summed E-state index contributed by atoms with van der Waals surface area (Å²) in [6.07, 6.45) is 2.04. The summed E-state index contributed by atoms with van der Waals surface area (Å²) in [5, 5.41) is 3.56. The van der Waals surface area contributed by atoms with Gasteiger partial charge in [0.15, 0.2) is 0 Å². The summed E-state index contributed by atoms with van der Waals surface area (Å²) in [6.45, 7) is 5.16. The molecule has 0 saturated heterocycles. The number of furan rings is 1. The van der Waals surface area contributed by atoms with Gasteiger partial charge in [-0.2, -0.15) is 0 Å². The van der Waals surface area contributed by atoms with Crippen molar-refractivity contribution in [2.75, 3.05) is 6.54 Å². The molecule has 0 bridgehead atoms. The monoisotopic (exact) mass is 321 g/mol. The summed E-state index contributed by atoms with van der Waals surface area (Å²) in [5.41, 5.74) is 1.30. The van der Waals surface area contributed by atoms with Gasteiger partial charge in [-0.05, 0) is 50.1 Å². The highest BCUT2D eigenvalue weighted by atomic mass is 79.9. The van der Waals surface area contributed by atoms with Gasteiger partial charge in [-0.3, -0.25) is 0 Å². The van der Waals surface area contributed by atoms with Gasteiger partial charge in [0.05, 0.1) is 6.04 Å². The molecule has 0 radical (unpaired) electrons. The van der Waals surface area contributed by atoms with Crippen molar-refractivity contribution in [2.45, 2.75) is 32.7 Å². The summed E-state index contributed by atoms with van der Waals surface area (Å²) in [6, 6.07) is 12.7. The third-order valence-electron chi connectivity index (χ3n) is 3.13. The van der Waals surface area contributed by atoms with Crippen LogP contribution in [0.3, 0.4) is 0 Å². The van der Waals surface area contributed by atoms with Gasteiger partial charge in [-0.25, -0.2) is 0 Å². The van der Waals surface area contributed by atoms with Gasteiger partial charge in [0.25, 0.3) is 0 Å². The molecule has 1 N–H and O–H groups in total. The molecule has 1 aromatic heterocycles. The zero-order valence-electron chi connectivity index (χ0n) is 11.4. The van der Waals surface area contributed by atoms with E-state index in [1.54, 1.807) is 0 Å². The fourth-order valence-electron chi connectivity index (χ4n) is 2.12. The Morgan fingerprint density at radius 2 is 2.00 bits per heavy atom. The van der Waals surface area contributed by atoms with Crippen LogP contribution in [0.25, 0.3) is 0 Å².